The zero-order valence-corrected chi connectivity index (χ0v) is 19.8. The number of nitrogens with zero attached hydrogens (tertiary/aromatic N) is 1. The first kappa shape index (κ1) is 27.5. The van der Waals surface area contributed by atoms with Gasteiger partial charge in [0.15, 0.2) is 6.10 Å². The molecule has 3 aromatic rings. The fourth-order valence-corrected chi connectivity index (χ4v) is 3.21. The molecule has 1 atom stereocenters. The molecule has 11 heteroatoms. The van der Waals surface area contributed by atoms with Crippen molar-refractivity contribution in [1.29, 1.82) is 5.41 Å². The third kappa shape index (κ3) is 6.87. The van der Waals surface area contributed by atoms with Crippen molar-refractivity contribution in [2.75, 3.05) is 14.2 Å². The first-order valence-electron chi connectivity index (χ1n) is 10.2. The Bertz CT molecular complexity index is 1160. The third-order valence-corrected chi connectivity index (χ3v) is 4.97. The van der Waals surface area contributed by atoms with Crippen LogP contribution in [0.5, 0.6) is 11.5 Å². The van der Waals surface area contributed by atoms with Gasteiger partial charge in [0.25, 0.3) is 5.91 Å². The lowest BCUT2D eigenvalue weighted by Crippen LogP contribution is -2.31. The number of carbonyl (C=O) groups excluding carboxylic acids is 1. The summed E-state index contributed by atoms with van der Waals surface area (Å²) in [4.78, 5) is 16.8. The minimum atomic E-state index is -1.53. The van der Waals surface area contributed by atoms with Crippen LogP contribution in [0.25, 0.3) is 0 Å². The number of carbonyl (C=O) groups is 1. The van der Waals surface area contributed by atoms with Crippen LogP contribution in [0.15, 0.2) is 54.9 Å². The van der Waals surface area contributed by atoms with Crippen LogP contribution >= 0.6 is 12.4 Å². The first-order chi connectivity index (χ1) is 16.3. The highest BCUT2D eigenvalue weighted by atomic mass is 35.5. The molecule has 8 nitrogen and oxygen atoms in total. The van der Waals surface area contributed by atoms with Crippen molar-refractivity contribution in [3.05, 3.63) is 88.7 Å². The number of nitrogens with one attached hydrogen (secondary N) is 2. The lowest BCUT2D eigenvalue weighted by Gasteiger charge is -2.19. The minimum absolute atomic E-state index is 0. The van der Waals surface area contributed by atoms with E-state index in [1.165, 1.54) is 14.2 Å². The average molecular weight is 507 g/mol. The summed E-state index contributed by atoms with van der Waals surface area (Å²) in [6, 6.07) is 10.4. The molecular formula is C24H25ClF2N4O4. The van der Waals surface area contributed by atoms with Gasteiger partial charge in [-0.3, -0.25) is 15.2 Å². The highest BCUT2D eigenvalue weighted by Gasteiger charge is 2.28. The molecule has 0 bridgehead atoms. The highest BCUT2D eigenvalue weighted by molar-refractivity contribution is 5.95. The molecule has 1 heterocycles. The van der Waals surface area contributed by atoms with Crippen molar-refractivity contribution in [3.63, 3.8) is 0 Å². The summed E-state index contributed by atoms with van der Waals surface area (Å²) in [5.41, 5.74) is 6.87. The number of hydrogen-bond acceptors (Lipinski definition) is 6. The van der Waals surface area contributed by atoms with E-state index in [1.807, 2.05) is 6.07 Å². The molecule has 1 aromatic heterocycles. The van der Waals surface area contributed by atoms with Crippen molar-refractivity contribution in [3.8, 4) is 11.5 Å². The Morgan fingerprint density at radius 2 is 1.89 bits per heavy atom. The lowest BCUT2D eigenvalue weighted by molar-refractivity contribution is -0.131. The number of nitrogens with two attached hydrogens (primary N) is 1. The van der Waals surface area contributed by atoms with E-state index in [0.29, 0.717) is 16.9 Å². The molecule has 186 valence electrons. The van der Waals surface area contributed by atoms with Crippen LogP contribution in [0.1, 0.15) is 28.4 Å². The number of amidine groups is 1. The highest BCUT2D eigenvalue weighted by Crippen LogP contribution is 2.28. The summed E-state index contributed by atoms with van der Waals surface area (Å²) in [6.07, 6.45) is 1.76. The van der Waals surface area contributed by atoms with Gasteiger partial charge in [-0.15, -0.1) is 12.4 Å². The number of amides is 1. The fourth-order valence-electron chi connectivity index (χ4n) is 3.21. The standard InChI is InChI=1S/C24H24F2N4O4.ClH/c1-32-17-9-18(25)21(19(26)10-17)22(33-2)24(31)30-12-16-6-5-15(23(27)28)8-20(16)34-13-14-4-3-7-29-11-14;/h3-11,22H,12-13H2,1-2H3,(H3,27,28)(H,30,31);1H/t22-;/m0./s1. The molecule has 35 heavy (non-hydrogen) atoms. The number of pyridine rings is 1. The molecule has 0 aliphatic heterocycles. The molecule has 0 saturated carbocycles. The van der Waals surface area contributed by atoms with E-state index in [9.17, 15) is 13.6 Å². The monoisotopic (exact) mass is 506 g/mol. The normalized spacial score (nSPS) is 11.2. The summed E-state index contributed by atoms with van der Waals surface area (Å²) >= 11 is 0. The molecule has 0 saturated heterocycles. The van der Waals surface area contributed by atoms with Crippen LogP contribution in [0.3, 0.4) is 0 Å². The van der Waals surface area contributed by atoms with Crippen molar-refractivity contribution in [2.45, 2.75) is 19.3 Å². The number of rotatable bonds is 10. The maximum Gasteiger partial charge on any atom is 0.254 e. The Labute approximate surface area is 207 Å². The number of hydrogen-bond donors (Lipinski definition) is 3. The van der Waals surface area contributed by atoms with Crippen molar-refractivity contribution < 1.29 is 27.8 Å². The van der Waals surface area contributed by atoms with E-state index < -0.39 is 29.2 Å². The van der Waals surface area contributed by atoms with Gasteiger partial charge >= 0.3 is 0 Å². The molecule has 0 aliphatic rings. The molecular weight excluding hydrogens is 482 g/mol. The van der Waals surface area contributed by atoms with Gasteiger partial charge in [-0.25, -0.2) is 8.78 Å². The second kappa shape index (κ2) is 12.6. The molecule has 0 radical (unpaired) electrons. The minimum Gasteiger partial charge on any atom is -0.497 e. The molecule has 4 N–H and O–H groups in total. The van der Waals surface area contributed by atoms with Crippen LogP contribution in [-0.4, -0.2) is 30.9 Å². The molecule has 2 aromatic carbocycles. The van der Waals surface area contributed by atoms with Crippen LogP contribution in [-0.2, 0) is 22.7 Å². The van der Waals surface area contributed by atoms with Gasteiger partial charge in [0, 0.05) is 54.9 Å². The Hall–Kier alpha value is -3.76. The second-order valence-electron chi connectivity index (χ2n) is 7.22. The molecule has 0 fully saturated rings. The number of nitrogen functional groups attached to an aromatic ring is 1. The maximum absolute atomic E-state index is 14.5. The average Bonchev–Trinajstić information content (AvgIpc) is 2.84. The maximum atomic E-state index is 14.5. The van der Waals surface area contributed by atoms with Gasteiger partial charge in [-0.05, 0) is 12.1 Å². The fraction of sp³-hybridized carbons (Fsp3) is 0.208. The van der Waals surface area contributed by atoms with Gasteiger partial charge in [0.05, 0.1) is 12.7 Å². The summed E-state index contributed by atoms with van der Waals surface area (Å²) in [5.74, 6) is -2.47. The van der Waals surface area contributed by atoms with Gasteiger partial charge in [-0.2, -0.15) is 0 Å². The topological polar surface area (TPSA) is 120 Å². The lowest BCUT2D eigenvalue weighted by atomic mass is 10.1. The van der Waals surface area contributed by atoms with E-state index in [0.717, 1.165) is 17.7 Å². The number of ether oxygens (including phenoxy) is 3. The predicted molar refractivity (Wildman–Crippen MR) is 128 cm³/mol. The quantitative estimate of drug-likeness (QED) is 0.285. The number of methoxy groups -OCH3 is 2. The number of halogens is 3. The molecule has 0 spiro atoms. The summed E-state index contributed by atoms with van der Waals surface area (Å²) in [5, 5.41) is 10.3. The van der Waals surface area contributed by atoms with Crippen LogP contribution in [0.4, 0.5) is 8.78 Å². The third-order valence-electron chi connectivity index (χ3n) is 4.97. The largest absolute Gasteiger partial charge is 0.497 e. The number of aromatic nitrogens is 1. The Morgan fingerprint density at radius 1 is 1.17 bits per heavy atom. The summed E-state index contributed by atoms with van der Waals surface area (Å²) < 4.78 is 44.7. The number of benzene rings is 2. The zero-order chi connectivity index (χ0) is 24.7. The van der Waals surface area contributed by atoms with Gasteiger partial charge in [0.1, 0.15) is 35.6 Å². The van der Waals surface area contributed by atoms with Crippen LogP contribution in [0.2, 0.25) is 0 Å². The van der Waals surface area contributed by atoms with Crippen molar-refractivity contribution in [2.24, 2.45) is 5.73 Å². The second-order valence-corrected chi connectivity index (χ2v) is 7.22. The zero-order valence-electron chi connectivity index (χ0n) is 19.0. The smallest absolute Gasteiger partial charge is 0.254 e. The van der Waals surface area contributed by atoms with Gasteiger partial charge in [0.2, 0.25) is 0 Å². The Balaban J connectivity index is 0.00000432. The SMILES string of the molecule is COc1cc(F)c([C@H](OC)C(=O)NCc2ccc(C(=N)N)cc2OCc2cccnc2)c(F)c1.Cl. The summed E-state index contributed by atoms with van der Waals surface area (Å²) in [7, 11) is 2.46. The molecule has 0 unspecified atom stereocenters. The van der Waals surface area contributed by atoms with E-state index >= 15 is 0 Å². The molecule has 3 rings (SSSR count). The van der Waals surface area contributed by atoms with E-state index in [1.54, 1.807) is 36.7 Å². The Kier molecular flexibility index (Phi) is 9.92. The predicted octanol–water partition coefficient (Wildman–Crippen LogP) is 3.66. The van der Waals surface area contributed by atoms with E-state index in [-0.39, 0.29) is 37.1 Å². The van der Waals surface area contributed by atoms with Gasteiger partial charge in [-0.1, -0.05) is 18.2 Å². The van der Waals surface area contributed by atoms with Gasteiger partial charge < -0.3 is 25.3 Å². The first-order valence-corrected chi connectivity index (χ1v) is 10.2. The van der Waals surface area contributed by atoms with E-state index in [2.05, 4.69) is 10.3 Å². The van der Waals surface area contributed by atoms with Crippen molar-refractivity contribution in [1.82, 2.24) is 10.3 Å². The molecule has 0 aliphatic carbocycles. The molecule has 1 amide bonds. The van der Waals surface area contributed by atoms with Crippen LogP contribution < -0.4 is 20.5 Å². The van der Waals surface area contributed by atoms with Crippen molar-refractivity contribution >= 4 is 24.1 Å². The van der Waals surface area contributed by atoms with Crippen LogP contribution in [0, 0.1) is 17.0 Å². The Morgan fingerprint density at radius 3 is 2.46 bits per heavy atom. The van der Waals surface area contributed by atoms with E-state index in [4.69, 9.17) is 25.4 Å². The summed E-state index contributed by atoms with van der Waals surface area (Å²) in [6.45, 7) is 0.164.